The number of fused-ring (bicyclic) bond motifs is 1. The van der Waals surface area contributed by atoms with Gasteiger partial charge in [0.1, 0.15) is 5.69 Å². The molecular weight excluding hydrogens is 328 g/mol. The first-order valence-electron chi connectivity index (χ1n) is 8.35. The topological polar surface area (TPSA) is 72.7 Å². The molecule has 0 aliphatic rings. The average molecular weight is 346 g/mol. The Kier molecular flexibility index (Phi) is 3.80. The van der Waals surface area contributed by atoms with Gasteiger partial charge in [0.05, 0.1) is 23.1 Å². The van der Waals surface area contributed by atoms with Crippen molar-refractivity contribution in [1.82, 2.24) is 19.3 Å². The van der Waals surface area contributed by atoms with Gasteiger partial charge in [-0.15, -0.1) is 0 Å². The summed E-state index contributed by atoms with van der Waals surface area (Å²) in [4.78, 5) is 30.2. The number of aromatic amines is 1. The summed E-state index contributed by atoms with van der Waals surface area (Å²) >= 11 is 0. The number of nitrogens with one attached hydrogen (secondary N) is 1. The molecule has 0 aliphatic carbocycles. The highest BCUT2D eigenvalue weighted by Crippen LogP contribution is 2.18. The average Bonchev–Trinajstić information content (AvgIpc) is 2.90. The highest BCUT2D eigenvalue weighted by molar-refractivity contribution is 5.78. The summed E-state index contributed by atoms with van der Waals surface area (Å²) in [7, 11) is 1.63. The lowest BCUT2D eigenvalue weighted by Gasteiger charge is -2.12. The molecule has 2 aromatic carbocycles. The van der Waals surface area contributed by atoms with Crippen molar-refractivity contribution in [1.29, 1.82) is 0 Å². The summed E-state index contributed by atoms with van der Waals surface area (Å²) in [5.41, 5.74) is 3.04. The maximum atomic E-state index is 13.2. The second kappa shape index (κ2) is 6.15. The summed E-state index contributed by atoms with van der Waals surface area (Å²) in [6.45, 7) is 2.19. The zero-order valence-electron chi connectivity index (χ0n) is 14.6. The Bertz CT molecular complexity index is 1220. The van der Waals surface area contributed by atoms with Crippen molar-refractivity contribution in [3.05, 3.63) is 86.6 Å². The van der Waals surface area contributed by atoms with Gasteiger partial charge in [-0.25, -0.2) is 4.98 Å². The van der Waals surface area contributed by atoms with E-state index in [0.29, 0.717) is 23.3 Å². The molecule has 6 nitrogen and oxygen atoms in total. The highest BCUT2D eigenvalue weighted by Gasteiger charge is 2.19. The number of benzene rings is 2. The van der Waals surface area contributed by atoms with Crippen molar-refractivity contribution in [2.24, 2.45) is 7.05 Å². The van der Waals surface area contributed by atoms with Gasteiger partial charge in [-0.2, -0.15) is 0 Å². The van der Waals surface area contributed by atoms with E-state index in [9.17, 15) is 9.59 Å². The zero-order chi connectivity index (χ0) is 18.3. The maximum absolute atomic E-state index is 13.2. The fourth-order valence-electron chi connectivity index (χ4n) is 3.24. The van der Waals surface area contributed by atoms with Crippen LogP contribution in [0.5, 0.6) is 0 Å². The largest absolute Gasteiger partial charge is 0.300 e. The Hall–Kier alpha value is -3.41. The van der Waals surface area contributed by atoms with Crippen LogP contribution in [0.4, 0.5) is 0 Å². The Morgan fingerprint density at radius 2 is 1.65 bits per heavy atom. The SMILES string of the molecule is Cc1[nH]n(C)c(=O)c1-c1nc2ccccc2n(Cc2ccccc2)c1=O. The molecule has 0 unspecified atom stereocenters. The van der Waals surface area contributed by atoms with Crippen LogP contribution >= 0.6 is 0 Å². The molecule has 0 atom stereocenters. The van der Waals surface area contributed by atoms with Crippen LogP contribution < -0.4 is 11.1 Å². The summed E-state index contributed by atoms with van der Waals surface area (Å²) in [5, 5.41) is 2.93. The molecule has 4 rings (SSSR count). The van der Waals surface area contributed by atoms with E-state index in [1.807, 2.05) is 54.6 Å². The van der Waals surface area contributed by atoms with Crippen LogP contribution in [0, 0.1) is 6.92 Å². The first-order valence-corrected chi connectivity index (χ1v) is 8.35. The van der Waals surface area contributed by atoms with Crippen LogP contribution in [-0.4, -0.2) is 19.3 Å². The fourth-order valence-corrected chi connectivity index (χ4v) is 3.24. The number of aromatic nitrogens is 4. The van der Waals surface area contributed by atoms with Crippen LogP contribution in [0.15, 0.2) is 64.2 Å². The Morgan fingerprint density at radius 1 is 0.962 bits per heavy atom. The maximum Gasteiger partial charge on any atom is 0.278 e. The monoisotopic (exact) mass is 346 g/mol. The molecule has 0 spiro atoms. The number of para-hydroxylation sites is 2. The highest BCUT2D eigenvalue weighted by atomic mass is 16.1. The van der Waals surface area contributed by atoms with Crippen LogP contribution in [0.2, 0.25) is 0 Å². The molecule has 0 aliphatic heterocycles. The minimum atomic E-state index is -0.271. The third-order valence-electron chi connectivity index (χ3n) is 4.50. The van der Waals surface area contributed by atoms with Crippen molar-refractivity contribution in [3.8, 4) is 11.3 Å². The number of rotatable bonds is 3. The Labute approximate surface area is 149 Å². The molecule has 0 fully saturated rings. The molecule has 130 valence electrons. The molecule has 2 aromatic heterocycles. The van der Waals surface area contributed by atoms with Crippen molar-refractivity contribution in [3.63, 3.8) is 0 Å². The number of hydrogen-bond acceptors (Lipinski definition) is 3. The molecule has 6 heteroatoms. The van der Waals surface area contributed by atoms with Gasteiger partial charge in [0.25, 0.3) is 11.1 Å². The summed E-state index contributed by atoms with van der Waals surface area (Å²) in [6.07, 6.45) is 0. The molecule has 0 radical (unpaired) electrons. The van der Waals surface area contributed by atoms with Crippen LogP contribution in [0.25, 0.3) is 22.3 Å². The minimum absolute atomic E-state index is 0.180. The third kappa shape index (κ3) is 2.56. The van der Waals surface area contributed by atoms with Crippen molar-refractivity contribution >= 4 is 11.0 Å². The molecule has 0 bridgehead atoms. The fraction of sp³-hybridized carbons (Fsp3) is 0.150. The quantitative estimate of drug-likeness (QED) is 0.619. The van der Waals surface area contributed by atoms with Gasteiger partial charge in [-0.3, -0.25) is 19.4 Å². The van der Waals surface area contributed by atoms with Gasteiger partial charge >= 0.3 is 0 Å². The van der Waals surface area contributed by atoms with Gasteiger partial charge in [0, 0.05) is 12.7 Å². The Balaban J connectivity index is 2.03. The van der Waals surface area contributed by atoms with Crippen LogP contribution in [0.1, 0.15) is 11.3 Å². The van der Waals surface area contributed by atoms with Crippen LogP contribution in [-0.2, 0) is 13.6 Å². The predicted octanol–water partition coefficient (Wildman–Crippen LogP) is 2.45. The molecule has 0 saturated heterocycles. The molecule has 1 N–H and O–H groups in total. The zero-order valence-corrected chi connectivity index (χ0v) is 14.6. The van der Waals surface area contributed by atoms with E-state index in [-0.39, 0.29) is 16.8 Å². The van der Waals surface area contributed by atoms with Gasteiger partial charge in [-0.05, 0) is 24.6 Å². The van der Waals surface area contributed by atoms with Gasteiger partial charge in [0.2, 0.25) is 0 Å². The van der Waals surface area contributed by atoms with Gasteiger partial charge < -0.3 is 4.57 Å². The standard InChI is InChI=1S/C20H18N4O2/c1-13-17(19(25)23(2)22-13)18-20(26)24(12-14-8-4-3-5-9-14)16-11-7-6-10-15(16)21-18/h3-11,22H,12H2,1-2H3. The smallest absolute Gasteiger partial charge is 0.278 e. The summed E-state index contributed by atoms with van der Waals surface area (Å²) in [5.74, 6) is 0. The van der Waals surface area contributed by atoms with Crippen molar-refractivity contribution < 1.29 is 0 Å². The van der Waals surface area contributed by atoms with E-state index < -0.39 is 0 Å². The normalized spacial score (nSPS) is 11.2. The minimum Gasteiger partial charge on any atom is -0.300 e. The first kappa shape index (κ1) is 16.1. The second-order valence-electron chi connectivity index (χ2n) is 6.30. The lowest BCUT2D eigenvalue weighted by atomic mass is 10.1. The van der Waals surface area contributed by atoms with E-state index in [2.05, 4.69) is 10.1 Å². The van der Waals surface area contributed by atoms with Crippen molar-refractivity contribution in [2.75, 3.05) is 0 Å². The summed E-state index contributed by atoms with van der Waals surface area (Å²) < 4.78 is 3.04. The predicted molar refractivity (Wildman–Crippen MR) is 101 cm³/mol. The second-order valence-corrected chi connectivity index (χ2v) is 6.30. The lowest BCUT2D eigenvalue weighted by Crippen LogP contribution is -2.26. The molecule has 4 aromatic rings. The lowest BCUT2D eigenvalue weighted by molar-refractivity contribution is 0.731. The van der Waals surface area contributed by atoms with E-state index in [0.717, 1.165) is 11.1 Å². The molecular formula is C20H18N4O2. The summed E-state index contributed by atoms with van der Waals surface area (Å²) in [6, 6.07) is 17.3. The molecule has 2 heterocycles. The van der Waals surface area contributed by atoms with E-state index >= 15 is 0 Å². The first-order chi connectivity index (χ1) is 12.6. The third-order valence-corrected chi connectivity index (χ3v) is 4.50. The number of nitrogens with zero attached hydrogens (tertiary/aromatic N) is 3. The van der Waals surface area contributed by atoms with Gasteiger partial charge in [0.15, 0.2) is 0 Å². The molecule has 0 amide bonds. The molecule has 0 saturated carbocycles. The number of H-pyrrole nitrogens is 1. The molecule has 26 heavy (non-hydrogen) atoms. The number of aryl methyl sites for hydroxylation is 2. The number of hydrogen-bond donors (Lipinski definition) is 1. The van der Waals surface area contributed by atoms with E-state index in [1.54, 1.807) is 18.5 Å². The van der Waals surface area contributed by atoms with E-state index in [1.165, 1.54) is 4.68 Å². The van der Waals surface area contributed by atoms with Crippen molar-refractivity contribution in [2.45, 2.75) is 13.5 Å². The Morgan fingerprint density at radius 3 is 2.35 bits per heavy atom. The van der Waals surface area contributed by atoms with E-state index in [4.69, 9.17) is 0 Å². The van der Waals surface area contributed by atoms with Crippen LogP contribution in [0.3, 0.4) is 0 Å². The van der Waals surface area contributed by atoms with Gasteiger partial charge in [-0.1, -0.05) is 42.5 Å².